The molecule has 4 rings (SSSR count). The molecule has 2 amide bonds. The van der Waals surface area contributed by atoms with Crippen LogP contribution in [0.1, 0.15) is 23.6 Å². The zero-order chi connectivity index (χ0) is 27.2. The second-order valence-electron chi connectivity index (χ2n) is 8.52. The average molecular weight is 550 g/mol. The number of ether oxygens (including phenoxy) is 2. The molecule has 38 heavy (non-hydrogen) atoms. The van der Waals surface area contributed by atoms with Crippen LogP contribution in [0, 0.1) is 13.8 Å². The fourth-order valence-electron chi connectivity index (χ4n) is 3.88. The van der Waals surface area contributed by atoms with Crippen molar-refractivity contribution in [2.24, 2.45) is 4.99 Å². The Balaban J connectivity index is 1.50. The number of aliphatic imine (C=N–C) groups is 1. The maximum absolute atomic E-state index is 13.1. The van der Waals surface area contributed by atoms with Crippen LogP contribution < -0.4 is 14.8 Å². The van der Waals surface area contributed by atoms with Crippen LogP contribution in [0.25, 0.3) is 6.08 Å². The Morgan fingerprint density at radius 2 is 1.82 bits per heavy atom. The van der Waals surface area contributed by atoms with Crippen molar-refractivity contribution in [3.63, 3.8) is 0 Å². The van der Waals surface area contributed by atoms with Crippen molar-refractivity contribution in [3.8, 4) is 11.5 Å². The van der Waals surface area contributed by atoms with E-state index in [1.807, 2.05) is 45.0 Å². The van der Waals surface area contributed by atoms with E-state index in [1.165, 1.54) is 18.9 Å². The first-order chi connectivity index (χ1) is 18.3. The largest absolute Gasteiger partial charge is 0.493 e. The topological polar surface area (TPSA) is 80.2 Å². The Morgan fingerprint density at radius 1 is 1.08 bits per heavy atom. The van der Waals surface area contributed by atoms with E-state index in [9.17, 15) is 9.59 Å². The van der Waals surface area contributed by atoms with Crippen molar-refractivity contribution in [1.29, 1.82) is 0 Å². The number of benzene rings is 3. The number of nitrogens with one attached hydrogen (secondary N) is 1. The summed E-state index contributed by atoms with van der Waals surface area (Å²) in [6, 6.07) is 18.3. The number of anilines is 1. The van der Waals surface area contributed by atoms with Crippen LogP contribution in [-0.4, -0.2) is 42.1 Å². The number of amides is 2. The molecule has 0 spiro atoms. The quantitative estimate of drug-likeness (QED) is 0.320. The van der Waals surface area contributed by atoms with Crippen LogP contribution in [0.3, 0.4) is 0 Å². The van der Waals surface area contributed by atoms with Gasteiger partial charge >= 0.3 is 0 Å². The third-order valence-corrected chi connectivity index (χ3v) is 7.18. The van der Waals surface area contributed by atoms with Gasteiger partial charge in [-0.15, -0.1) is 0 Å². The van der Waals surface area contributed by atoms with E-state index < -0.39 is 0 Å². The second kappa shape index (κ2) is 12.2. The van der Waals surface area contributed by atoms with Crippen LogP contribution in [0.4, 0.5) is 11.4 Å². The molecule has 3 aromatic carbocycles. The number of para-hydroxylation sites is 2. The second-order valence-corrected chi connectivity index (χ2v) is 9.94. The first-order valence-electron chi connectivity index (χ1n) is 12.0. The fourth-order valence-corrected chi connectivity index (χ4v) is 5.12. The molecule has 9 heteroatoms. The normalized spacial score (nSPS) is 15.3. The van der Waals surface area contributed by atoms with E-state index in [0.717, 1.165) is 22.4 Å². The van der Waals surface area contributed by atoms with E-state index in [2.05, 4.69) is 5.32 Å². The number of likely N-dealkylation sites (N-methyl/N-ethyl adjacent to an activating group) is 1. The maximum atomic E-state index is 13.1. The predicted octanol–water partition coefficient (Wildman–Crippen LogP) is 6.61. The van der Waals surface area contributed by atoms with E-state index in [0.29, 0.717) is 38.8 Å². The monoisotopic (exact) mass is 549 g/mol. The lowest BCUT2D eigenvalue weighted by atomic mass is 10.1. The first kappa shape index (κ1) is 27.3. The van der Waals surface area contributed by atoms with Gasteiger partial charge in [-0.05, 0) is 79.6 Å². The molecular formula is C29H28ClN3O4S. The lowest BCUT2D eigenvalue weighted by Crippen LogP contribution is -2.28. The van der Waals surface area contributed by atoms with Gasteiger partial charge in [-0.3, -0.25) is 14.5 Å². The van der Waals surface area contributed by atoms with Crippen LogP contribution in [0.5, 0.6) is 11.5 Å². The number of hydrogen-bond donors (Lipinski definition) is 1. The molecule has 0 bridgehead atoms. The predicted molar refractivity (Wildman–Crippen MR) is 155 cm³/mol. The summed E-state index contributed by atoms with van der Waals surface area (Å²) in [7, 11) is 1.52. The number of aryl methyl sites for hydroxylation is 2. The molecule has 1 heterocycles. The summed E-state index contributed by atoms with van der Waals surface area (Å²) in [5, 5.41) is 3.81. The number of thioether (sulfide) groups is 1. The highest BCUT2D eigenvalue weighted by molar-refractivity contribution is 8.18. The van der Waals surface area contributed by atoms with Crippen molar-refractivity contribution in [2.75, 3.05) is 25.6 Å². The first-order valence-corrected chi connectivity index (χ1v) is 13.2. The maximum Gasteiger partial charge on any atom is 0.266 e. The minimum Gasteiger partial charge on any atom is -0.493 e. The molecule has 1 aliphatic heterocycles. The Morgan fingerprint density at radius 3 is 2.50 bits per heavy atom. The van der Waals surface area contributed by atoms with E-state index >= 15 is 0 Å². The number of carbonyl (C=O) groups excluding carboxylic acids is 2. The lowest BCUT2D eigenvalue weighted by molar-refractivity contribution is -0.122. The summed E-state index contributed by atoms with van der Waals surface area (Å²) in [5.74, 6) is 0.395. The number of amidine groups is 1. The Bertz CT molecular complexity index is 1420. The molecule has 7 nitrogen and oxygen atoms in total. The SMILES string of the molecule is CCN1C(=O)/C(=C\c2ccc(OCC(=O)Nc3ccccc3Cl)c(OC)c2)SC1=Nc1c(C)cccc1C. The van der Waals surface area contributed by atoms with Crippen LogP contribution >= 0.6 is 23.4 Å². The Hall–Kier alpha value is -3.75. The van der Waals surface area contributed by atoms with Crippen LogP contribution in [-0.2, 0) is 9.59 Å². The molecule has 1 saturated heterocycles. The highest BCUT2D eigenvalue weighted by Gasteiger charge is 2.32. The number of halogens is 1. The third-order valence-electron chi connectivity index (χ3n) is 5.84. The third kappa shape index (κ3) is 6.20. The Labute approximate surface area is 231 Å². The van der Waals surface area contributed by atoms with Crippen molar-refractivity contribution in [2.45, 2.75) is 20.8 Å². The molecule has 0 radical (unpaired) electrons. The van der Waals surface area contributed by atoms with Crippen molar-refractivity contribution in [1.82, 2.24) is 4.90 Å². The average Bonchev–Trinajstić information content (AvgIpc) is 3.20. The molecule has 1 N–H and O–H groups in total. The molecule has 1 fully saturated rings. The van der Waals surface area contributed by atoms with Gasteiger partial charge in [0.05, 0.1) is 28.4 Å². The van der Waals surface area contributed by atoms with Gasteiger partial charge in [0.25, 0.3) is 11.8 Å². The summed E-state index contributed by atoms with van der Waals surface area (Å²) in [4.78, 5) is 32.5. The molecule has 0 unspecified atom stereocenters. The number of hydrogen-bond acceptors (Lipinski definition) is 6. The van der Waals surface area contributed by atoms with Gasteiger partial charge in [0.15, 0.2) is 23.3 Å². The lowest BCUT2D eigenvalue weighted by Gasteiger charge is -2.13. The number of methoxy groups -OCH3 is 1. The van der Waals surface area contributed by atoms with E-state index in [4.69, 9.17) is 26.1 Å². The number of carbonyl (C=O) groups is 2. The Kier molecular flexibility index (Phi) is 8.76. The van der Waals surface area contributed by atoms with Gasteiger partial charge in [0.2, 0.25) is 0 Å². The van der Waals surface area contributed by atoms with Crippen LogP contribution in [0.2, 0.25) is 5.02 Å². The minimum atomic E-state index is -0.352. The summed E-state index contributed by atoms with van der Waals surface area (Å²) in [6.45, 7) is 6.24. The molecule has 3 aromatic rings. The summed E-state index contributed by atoms with van der Waals surface area (Å²) in [5.41, 5.74) is 4.26. The zero-order valence-electron chi connectivity index (χ0n) is 21.6. The molecule has 0 atom stereocenters. The summed E-state index contributed by atoms with van der Waals surface area (Å²) < 4.78 is 11.2. The standard InChI is InChI=1S/C29H28ClN3O4S/c1-5-33-28(35)25(38-29(33)32-27-18(2)9-8-10-19(27)3)16-20-13-14-23(24(15-20)36-4)37-17-26(34)31-22-12-7-6-11-21(22)30/h6-16H,5,17H2,1-4H3,(H,31,34)/b25-16+,32-29?. The zero-order valence-corrected chi connectivity index (χ0v) is 23.2. The minimum absolute atomic E-state index is 0.0991. The van der Waals surface area contributed by atoms with Gasteiger partial charge in [-0.2, -0.15) is 0 Å². The highest BCUT2D eigenvalue weighted by Crippen LogP contribution is 2.37. The smallest absolute Gasteiger partial charge is 0.266 e. The number of rotatable bonds is 8. The molecule has 1 aliphatic rings. The van der Waals surface area contributed by atoms with Gasteiger partial charge in [-0.25, -0.2) is 4.99 Å². The van der Waals surface area contributed by atoms with E-state index in [1.54, 1.807) is 47.4 Å². The van der Waals surface area contributed by atoms with E-state index in [-0.39, 0.29) is 18.4 Å². The number of nitrogens with zero attached hydrogens (tertiary/aromatic N) is 2. The molecule has 0 aromatic heterocycles. The summed E-state index contributed by atoms with van der Waals surface area (Å²) >= 11 is 7.44. The van der Waals surface area contributed by atoms with Crippen molar-refractivity contribution < 1.29 is 19.1 Å². The molecule has 0 saturated carbocycles. The fraction of sp³-hybridized carbons (Fsp3) is 0.207. The van der Waals surface area contributed by atoms with Crippen molar-refractivity contribution in [3.05, 3.63) is 87.3 Å². The molecule has 196 valence electrons. The highest BCUT2D eigenvalue weighted by atomic mass is 35.5. The van der Waals surface area contributed by atoms with Crippen molar-refractivity contribution >= 4 is 57.8 Å². The molecular weight excluding hydrogens is 522 g/mol. The van der Waals surface area contributed by atoms with Gasteiger partial charge in [0.1, 0.15) is 0 Å². The summed E-state index contributed by atoms with van der Waals surface area (Å²) in [6.07, 6.45) is 1.80. The van der Waals surface area contributed by atoms with Crippen LogP contribution in [0.15, 0.2) is 70.6 Å². The molecule has 0 aliphatic carbocycles. The van der Waals surface area contributed by atoms with Gasteiger partial charge < -0.3 is 14.8 Å². The van der Waals surface area contributed by atoms with Gasteiger partial charge in [0, 0.05) is 6.54 Å². The van der Waals surface area contributed by atoms with Gasteiger partial charge in [-0.1, -0.05) is 48.0 Å².